The summed E-state index contributed by atoms with van der Waals surface area (Å²) in [4.78, 5) is 28.5. The van der Waals surface area contributed by atoms with Crippen LogP contribution in [-0.2, 0) is 4.79 Å². The fourth-order valence-electron chi connectivity index (χ4n) is 2.91. The van der Waals surface area contributed by atoms with Crippen LogP contribution in [0, 0.1) is 12.8 Å². The zero-order valence-corrected chi connectivity index (χ0v) is 14.7. The molecule has 3 rings (SSSR count). The molecule has 1 aliphatic carbocycles. The van der Waals surface area contributed by atoms with Crippen molar-refractivity contribution in [1.82, 2.24) is 10.3 Å². The number of benzene rings is 1. The highest BCUT2D eigenvalue weighted by atomic mass is 35.5. The number of rotatable bonds is 4. The maximum atomic E-state index is 12.5. The molecule has 7 heteroatoms. The molecular formula is C17H17ClN2O3S. The Morgan fingerprint density at radius 2 is 2.00 bits per heavy atom. The molecule has 0 radical (unpaired) electrons. The van der Waals surface area contributed by atoms with Crippen molar-refractivity contribution in [3.05, 3.63) is 39.9 Å². The summed E-state index contributed by atoms with van der Waals surface area (Å²) in [5.74, 6) is -1.32. The minimum Gasteiger partial charge on any atom is -0.481 e. The zero-order valence-electron chi connectivity index (χ0n) is 13.1. The van der Waals surface area contributed by atoms with Gasteiger partial charge in [-0.25, -0.2) is 4.98 Å². The minimum absolute atomic E-state index is 0.0842. The number of carboxylic acid groups (broad SMARTS) is 1. The third-order valence-corrected chi connectivity index (χ3v) is 5.67. The molecule has 1 aliphatic rings. The molecular weight excluding hydrogens is 348 g/mol. The molecule has 1 aromatic heterocycles. The fraction of sp³-hybridized carbons (Fsp3) is 0.353. The summed E-state index contributed by atoms with van der Waals surface area (Å²) in [5, 5.41) is 13.4. The summed E-state index contributed by atoms with van der Waals surface area (Å²) in [6, 6.07) is 7.24. The number of carbonyl (C=O) groups excluding carboxylic acids is 1. The first-order chi connectivity index (χ1) is 11.4. The second-order valence-corrected chi connectivity index (χ2v) is 7.39. The van der Waals surface area contributed by atoms with E-state index in [2.05, 4.69) is 10.3 Å². The highest BCUT2D eigenvalue weighted by Gasteiger charge is 2.31. The van der Waals surface area contributed by atoms with Crippen LogP contribution in [0.1, 0.15) is 34.6 Å². The van der Waals surface area contributed by atoms with E-state index in [-0.39, 0.29) is 17.9 Å². The monoisotopic (exact) mass is 364 g/mol. The van der Waals surface area contributed by atoms with Gasteiger partial charge in [-0.1, -0.05) is 23.7 Å². The summed E-state index contributed by atoms with van der Waals surface area (Å²) in [7, 11) is 0. The van der Waals surface area contributed by atoms with Gasteiger partial charge in [0.25, 0.3) is 5.91 Å². The lowest BCUT2D eigenvalue weighted by atomic mass is 10.1. The molecule has 1 saturated carbocycles. The van der Waals surface area contributed by atoms with E-state index in [4.69, 9.17) is 16.7 Å². The summed E-state index contributed by atoms with van der Waals surface area (Å²) in [6.07, 6.45) is 1.80. The van der Waals surface area contributed by atoms with Gasteiger partial charge in [-0.15, -0.1) is 11.3 Å². The lowest BCUT2D eigenvalue weighted by molar-refractivity contribution is -0.141. The predicted octanol–water partition coefficient (Wildman–Crippen LogP) is 3.76. The minimum atomic E-state index is -0.786. The van der Waals surface area contributed by atoms with Crippen LogP contribution < -0.4 is 5.32 Å². The van der Waals surface area contributed by atoms with Gasteiger partial charge in [0.15, 0.2) is 0 Å². The normalized spacial score (nSPS) is 20.1. The molecule has 0 spiro atoms. The van der Waals surface area contributed by atoms with Crippen molar-refractivity contribution >= 4 is 34.8 Å². The lowest BCUT2D eigenvalue weighted by Crippen LogP contribution is -2.33. The third kappa shape index (κ3) is 3.60. The van der Waals surface area contributed by atoms with Gasteiger partial charge in [0.05, 0.1) is 11.6 Å². The molecule has 1 aromatic carbocycles. The number of carboxylic acids is 1. The molecule has 2 N–H and O–H groups in total. The Morgan fingerprint density at radius 1 is 1.29 bits per heavy atom. The van der Waals surface area contributed by atoms with Crippen molar-refractivity contribution in [3.8, 4) is 10.6 Å². The zero-order chi connectivity index (χ0) is 17.3. The number of aryl methyl sites for hydroxylation is 1. The topological polar surface area (TPSA) is 79.3 Å². The highest BCUT2D eigenvalue weighted by Crippen LogP contribution is 2.30. The van der Waals surface area contributed by atoms with Crippen LogP contribution >= 0.6 is 22.9 Å². The molecule has 0 aliphatic heterocycles. The Balaban J connectivity index is 1.72. The molecule has 1 amide bonds. The van der Waals surface area contributed by atoms with Gasteiger partial charge >= 0.3 is 5.97 Å². The summed E-state index contributed by atoms with van der Waals surface area (Å²) >= 11 is 7.23. The van der Waals surface area contributed by atoms with Gasteiger partial charge in [-0.05, 0) is 38.3 Å². The van der Waals surface area contributed by atoms with E-state index >= 15 is 0 Å². The average Bonchev–Trinajstić information content (AvgIpc) is 3.15. The molecule has 2 aromatic rings. The number of amides is 1. The maximum Gasteiger partial charge on any atom is 0.306 e. The molecule has 24 heavy (non-hydrogen) atoms. The van der Waals surface area contributed by atoms with Crippen molar-refractivity contribution in [2.45, 2.75) is 32.2 Å². The Labute approximate surface area is 148 Å². The van der Waals surface area contributed by atoms with Crippen LogP contribution in [0.4, 0.5) is 0 Å². The Bertz CT molecular complexity index is 773. The number of halogens is 1. The van der Waals surface area contributed by atoms with Crippen LogP contribution in [0.2, 0.25) is 5.02 Å². The Kier molecular flexibility index (Phi) is 4.87. The Morgan fingerprint density at radius 3 is 2.62 bits per heavy atom. The van der Waals surface area contributed by atoms with Crippen molar-refractivity contribution in [2.75, 3.05) is 0 Å². The SMILES string of the molecule is Cc1nc(-c2ccc(Cl)cc2)sc1C(=O)N[C@H]1CC[C@@H](C(=O)O)C1. The van der Waals surface area contributed by atoms with Gasteiger partial charge in [0.1, 0.15) is 9.88 Å². The summed E-state index contributed by atoms with van der Waals surface area (Å²) in [5.41, 5.74) is 1.59. The largest absolute Gasteiger partial charge is 0.481 e. The molecule has 0 unspecified atom stereocenters. The lowest BCUT2D eigenvalue weighted by Gasteiger charge is -2.11. The van der Waals surface area contributed by atoms with E-state index in [0.29, 0.717) is 34.9 Å². The molecule has 0 saturated heterocycles. The number of carbonyl (C=O) groups is 2. The third-order valence-electron chi connectivity index (χ3n) is 4.21. The standard InChI is InChI=1S/C17H17ClN2O3S/c1-9-14(15(21)20-13-7-4-11(8-13)17(22)23)24-16(19-9)10-2-5-12(18)6-3-10/h2-3,5-6,11,13H,4,7-8H2,1H3,(H,20,21)(H,22,23)/t11-,13+/m1/s1. The number of nitrogens with zero attached hydrogens (tertiary/aromatic N) is 1. The maximum absolute atomic E-state index is 12.5. The molecule has 2 atom stereocenters. The molecule has 126 valence electrons. The quantitative estimate of drug-likeness (QED) is 0.865. The van der Waals surface area contributed by atoms with Crippen molar-refractivity contribution in [3.63, 3.8) is 0 Å². The Hall–Kier alpha value is -1.92. The molecule has 1 heterocycles. The van der Waals surface area contributed by atoms with Crippen LogP contribution in [0.3, 0.4) is 0 Å². The van der Waals surface area contributed by atoms with Crippen LogP contribution in [0.25, 0.3) is 10.6 Å². The van der Waals surface area contributed by atoms with E-state index in [1.165, 1.54) is 11.3 Å². The first kappa shape index (κ1) is 16.9. The number of aromatic nitrogens is 1. The first-order valence-electron chi connectivity index (χ1n) is 7.71. The van der Waals surface area contributed by atoms with Crippen LogP contribution in [0.5, 0.6) is 0 Å². The van der Waals surface area contributed by atoms with Gasteiger partial charge in [-0.2, -0.15) is 0 Å². The number of aliphatic carboxylic acids is 1. The van der Waals surface area contributed by atoms with E-state index in [0.717, 1.165) is 10.6 Å². The molecule has 5 nitrogen and oxygen atoms in total. The molecule has 1 fully saturated rings. The fourth-order valence-corrected chi connectivity index (χ4v) is 4.01. The smallest absolute Gasteiger partial charge is 0.306 e. The van der Waals surface area contributed by atoms with Crippen molar-refractivity contribution in [1.29, 1.82) is 0 Å². The van der Waals surface area contributed by atoms with E-state index < -0.39 is 5.97 Å². The van der Waals surface area contributed by atoms with Gasteiger partial charge < -0.3 is 10.4 Å². The van der Waals surface area contributed by atoms with E-state index in [9.17, 15) is 9.59 Å². The van der Waals surface area contributed by atoms with Gasteiger partial charge in [0, 0.05) is 16.6 Å². The highest BCUT2D eigenvalue weighted by molar-refractivity contribution is 7.17. The van der Waals surface area contributed by atoms with E-state index in [1.807, 2.05) is 12.1 Å². The molecule has 0 bridgehead atoms. The summed E-state index contributed by atoms with van der Waals surface area (Å²) < 4.78 is 0. The first-order valence-corrected chi connectivity index (χ1v) is 8.90. The van der Waals surface area contributed by atoms with Crippen LogP contribution in [0.15, 0.2) is 24.3 Å². The number of thiazole rings is 1. The van der Waals surface area contributed by atoms with Crippen molar-refractivity contribution in [2.24, 2.45) is 5.92 Å². The average molecular weight is 365 g/mol. The second kappa shape index (κ2) is 6.91. The van der Waals surface area contributed by atoms with Gasteiger partial charge in [0.2, 0.25) is 0 Å². The second-order valence-electron chi connectivity index (χ2n) is 5.96. The van der Waals surface area contributed by atoms with Crippen LogP contribution in [-0.4, -0.2) is 28.0 Å². The number of hydrogen-bond donors (Lipinski definition) is 2. The number of hydrogen-bond acceptors (Lipinski definition) is 4. The predicted molar refractivity (Wildman–Crippen MR) is 93.5 cm³/mol. The van der Waals surface area contributed by atoms with Gasteiger partial charge in [-0.3, -0.25) is 9.59 Å². The van der Waals surface area contributed by atoms with E-state index in [1.54, 1.807) is 19.1 Å². The summed E-state index contributed by atoms with van der Waals surface area (Å²) in [6.45, 7) is 1.81. The van der Waals surface area contributed by atoms with Crippen molar-refractivity contribution < 1.29 is 14.7 Å². The number of nitrogens with one attached hydrogen (secondary N) is 1.